The van der Waals surface area contributed by atoms with Gasteiger partial charge in [0.05, 0.1) is 13.2 Å². The average Bonchev–Trinajstić information content (AvgIpc) is 2.62. The highest BCUT2D eigenvalue weighted by atomic mass is 35.5. The number of amides is 3. The van der Waals surface area contributed by atoms with Crippen molar-refractivity contribution in [2.24, 2.45) is 5.92 Å². The van der Waals surface area contributed by atoms with Crippen molar-refractivity contribution in [3.8, 4) is 11.5 Å². The van der Waals surface area contributed by atoms with Gasteiger partial charge in [-0.2, -0.15) is 0 Å². The molecular formula is C19H18ClN3O4. The molecule has 0 aromatic heterocycles. The fraction of sp³-hybridized carbons (Fsp3) is 0.263. The summed E-state index contributed by atoms with van der Waals surface area (Å²) in [5.74, 6) is 0.275. The molecule has 0 aliphatic carbocycles. The average molecular weight is 388 g/mol. The van der Waals surface area contributed by atoms with E-state index in [4.69, 9.17) is 21.1 Å². The van der Waals surface area contributed by atoms with Crippen LogP contribution in [-0.2, 0) is 4.79 Å². The number of halogens is 1. The number of carbonyl (C=O) groups is 2. The van der Waals surface area contributed by atoms with Gasteiger partial charge in [0.1, 0.15) is 17.4 Å². The molecule has 3 N–H and O–H groups in total. The second kappa shape index (κ2) is 6.35. The zero-order chi connectivity index (χ0) is 19.2. The molecule has 2 aromatic carbocycles. The van der Waals surface area contributed by atoms with Gasteiger partial charge in [-0.25, -0.2) is 4.79 Å². The normalized spacial score (nSPS) is 25.4. The Morgan fingerprint density at radius 3 is 2.70 bits per heavy atom. The summed E-state index contributed by atoms with van der Waals surface area (Å²) >= 11 is 6.11. The highest BCUT2D eigenvalue weighted by molar-refractivity contribution is 6.30. The number of hydrogen-bond donors (Lipinski definition) is 3. The number of anilines is 1. The number of ether oxygens (including phenoxy) is 2. The predicted octanol–water partition coefficient (Wildman–Crippen LogP) is 3.07. The molecule has 0 radical (unpaired) electrons. The summed E-state index contributed by atoms with van der Waals surface area (Å²) in [6.07, 6.45) is 0. The number of benzene rings is 2. The molecule has 0 spiro atoms. The third-order valence-electron chi connectivity index (χ3n) is 4.84. The lowest BCUT2D eigenvalue weighted by molar-refractivity contribution is -0.133. The van der Waals surface area contributed by atoms with Crippen molar-refractivity contribution in [3.05, 3.63) is 53.1 Å². The van der Waals surface area contributed by atoms with E-state index in [0.717, 1.165) is 0 Å². The molecule has 2 aliphatic rings. The first-order chi connectivity index (χ1) is 12.9. The lowest BCUT2D eigenvalue weighted by Gasteiger charge is -2.49. The van der Waals surface area contributed by atoms with Gasteiger partial charge in [0.2, 0.25) is 5.91 Å². The molecule has 1 fully saturated rings. The van der Waals surface area contributed by atoms with Crippen LogP contribution in [0.2, 0.25) is 5.02 Å². The number of hydrogen-bond acceptors (Lipinski definition) is 4. The van der Waals surface area contributed by atoms with E-state index in [1.165, 1.54) is 0 Å². The van der Waals surface area contributed by atoms with E-state index >= 15 is 0 Å². The second-order valence-electron chi connectivity index (χ2n) is 6.66. The molecule has 2 heterocycles. The number of methoxy groups -OCH3 is 1. The predicted molar refractivity (Wildman–Crippen MR) is 100 cm³/mol. The van der Waals surface area contributed by atoms with Crippen molar-refractivity contribution in [2.75, 3.05) is 12.4 Å². The number of carbonyl (C=O) groups excluding carboxylic acids is 2. The molecule has 7 nitrogen and oxygen atoms in total. The van der Waals surface area contributed by atoms with Crippen LogP contribution in [0.1, 0.15) is 18.5 Å². The molecule has 0 saturated carbocycles. The first-order valence-electron chi connectivity index (χ1n) is 8.42. The van der Waals surface area contributed by atoms with Crippen LogP contribution in [0.4, 0.5) is 10.5 Å². The van der Waals surface area contributed by atoms with Gasteiger partial charge < -0.3 is 20.1 Å². The van der Waals surface area contributed by atoms with E-state index in [0.29, 0.717) is 27.8 Å². The Morgan fingerprint density at radius 1 is 1.26 bits per heavy atom. The summed E-state index contributed by atoms with van der Waals surface area (Å²) in [5.41, 5.74) is 0.0973. The summed E-state index contributed by atoms with van der Waals surface area (Å²) in [5, 5.41) is 8.93. The highest BCUT2D eigenvalue weighted by Crippen LogP contribution is 2.45. The molecule has 2 aliphatic heterocycles. The van der Waals surface area contributed by atoms with Crippen LogP contribution in [0.25, 0.3) is 0 Å². The molecular weight excluding hydrogens is 370 g/mol. The van der Waals surface area contributed by atoms with Crippen LogP contribution < -0.4 is 25.4 Å². The molecule has 0 unspecified atom stereocenters. The number of rotatable bonds is 3. The maximum absolute atomic E-state index is 13.1. The topological polar surface area (TPSA) is 88.7 Å². The van der Waals surface area contributed by atoms with Crippen LogP contribution >= 0.6 is 11.6 Å². The number of urea groups is 1. The van der Waals surface area contributed by atoms with E-state index in [9.17, 15) is 9.59 Å². The zero-order valence-electron chi connectivity index (χ0n) is 14.7. The Bertz CT molecular complexity index is 918. The van der Waals surface area contributed by atoms with Gasteiger partial charge in [0.15, 0.2) is 5.72 Å². The first kappa shape index (κ1) is 17.5. The van der Waals surface area contributed by atoms with Crippen molar-refractivity contribution < 1.29 is 19.1 Å². The molecule has 2 aromatic rings. The maximum atomic E-state index is 13.1. The molecule has 2 bridgehead atoms. The van der Waals surface area contributed by atoms with Crippen LogP contribution in [0, 0.1) is 5.92 Å². The minimum absolute atomic E-state index is 0.286. The van der Waals surface area contributed by atoms with E-state index in [1.54, 1.807) is 56.5 Å². The Kier molecular flexibility index (Phi) is 4.11. The van der Waals surface area contributed by atoms with Crippen molar-refractivity contribution in [2.45, 2.75) is 18.7 Å². The third kappa shape index (κ3) is 3.04. The number of fused-ring (bicyclic) bond motifs is 4. The molecule has 140 valence electrons. The van der Waals surface area contributed by atoms with Crippen molar-refractivity contribution in [1.29, 1.82) is 0 Å². The first-order valence-corrected chi connectivity index (χ1v) is 8.79. The van der Waals surface area contributed by atoms with Gasteiger partial charge in [-0.15, -0.1) is 0 Å². The Morgan fingerprint density at radius 2 is 2.00 bits per heavy atom. The third-order valence-corrected chi connectivity index (χ3v) is 5.08. The van der Waals surface area contributed by atoms with Crippen LogP contribution in [0.5, 0.6) is 11.5 Å². The Labute approximate surface area is 161 Å². The van der Waals surface area contributed by atoms with E-state index in [1.807, 2.05) is 0 Å². The summed E-state index contributed by atoms with van der Waals surface area (Å²) in [6.45, 7) is 1.69. The largest absolute Gasteiger partial charge is 0.497 e. The van der Waals surface area contributed by atoms with Gasteiger partial charge >= 0.3 is 6.03 Å². The minimum atomic E-state index is -1.19. The molecule has 27 heavy (non-hydrogen) atoms. The molecule has 3 amide bonds. The Hall–Kier alpha value is -2.93. The quantitative estimate of drug-likeness (QED) is 0.755. The van der Waals surface area contributed by atoms with Gasteiger partial charge in [0.25, 0.3) is 0 Å². The standard InChI is InChI=1S/C19H18ClN3O4/c1-19-15(17(24)21-11-4-6-12(26-2)7-5-11)16(22-18(25)23-19)13-9-10(20)3-8-14(13)27-19/h3-9,15-16H,1-2H3,(H,21,24)(H2,22,23,25)/t15-,16+,19+/m0/s1. The monoisotopic (exact) mass is 387 g/mol. The summed E-state index contributed by atoms with van der Waals surface area (Å²) in [7, 11) is 1.58. The van der Waals surface area contributed by atoms with Gasteiger partial charge in [-0.1, -0.05) is 11.6 Å². The minimum Gasteiger partial charge on any atom is -0.497 e. The highest BCUT2D eigenvalue weighted by Gasteiger charge is 2.55. The second-order valence-corrected chi connectivity index (χ2v) is 7.10. The summed E-state index contributed by atoms with van der Waals surface area (Å²) in [4.78, 5) is 25.2. The molecule has 8 heteroatoms. The van der Waals surface area contributed by atoms with E-state index in [-0.39, 0.29) is 5.91 Å². The van der Waals surface area contributed by atoms with E-state index in [2.05, 4.69) is 16.0 Å². The van der Waals surface area contributed by atoms with Gasteiger partial charge in [-0.05, 0) is 49.4 Å². The number of nitrogens with one attached hydrogen (secondary N) is 3. The van der Waals surface area contributed by atoms with Crippen molar-refractivity contribution >= 4 is 29.2 Å². The molecule has 4 rings (SSSR count). The maximum Gasteiger partial charge on any atom is 0.318 e. The lowest BCUT2D eigenvalue weighted by atomic mass is 9.80. The summed E-state index contributed by atoms with van der Waals surface area (Å²) < 4.78 is 11.1. The molecule has 3 atom stereocenters. The van der Waals surface area contributed by atoms with Crippen LogP contribution in [0.3, 0.4) is 0 Å². The summed E-state index contributed by atoms with van der Waals surface area (Å²) in [6, 6.07) is 11.2. The van der Waals surface area contributed by atoms with Crippen LogP contribution in [-0.4, -0.2) is 24.8 Å². The Balaban J connectivity index is 1.68. The van der Waals surface area contributed by atoms with Gasteiger partial charge in [0, 0.05) is 16.3 Å². The van der Waals surface area contributed by atoms with Crippen LogP contribution in [0.15, 0.2) is 42.5 Å². The van der Waals surface area contributed by atoms with E-state index < -0.39 is 23.7 Å². The fourth-order valence-corrected chi connectivity index (χ4v) is 3.79. The van der Waals surface area contributed by atoms with Crippen molar-refractivity contribution in [3.63, 3.8) is 0 Å². The molecule has 1 saturated heterocycles. The lowest BCUT2D eigenvalue weighted by Crippen LogP contribution is -2.70. The zero-order valence-corrected chi connectivity index (χ0v) is 15.5. The van der Waals surface area contributed by atoms with Crippen molar-refractivity contribution in [1.82, 2.24) is 10.6 Å². The fourth-order valence-electron chi connectivity index (χ4n) is 3.61. The smallest absolute Gasteiger partial charge is 0.318 e. The SMILES string of the molecule is COc1ccc(NC(=O)[C@@H]2[C@@H]3NC(=O)N[C@]2(C)Oc2ccc(Cl)cc23)cc1. The van der Waals surface area contributed by atoms with Gasteiger partial charge in [-0.3, -0.25) is 10.1 Å².